The Balaban J connectivity index is 0.000000226. The van der Waals surface area contributed by atoms with Gasteiger partial charge in [0.05, 0.1) is 0 Å². The van der Waals surface area contributed by atoms with Gasteiger partial charge >= 0.3 is 18.0 Å². The lowest BCUT2D eigenvalue weighted by Gasteiger charge is -2.27. The number of benzene rings is 3. The normalized spacial score (nSPS) is 14.5. The van der Waals surface area contributed by atoms with Gasteiger partial charge in [-0.25, -0.2) is 9.59 Å². The van der Waals surface area contributed by atoms with Crippen molar-refractivity contribution >= 4 is 18.0 Å². The third-order valence-electron chi connectivity index (χ3n) is 6.82. The highest BCUT2D eigenvalue weighted by Crippen LogP contribution is 2.26. The molecule has 9 heteroatoms. The van der Waals surface area contributed by atoms with Crippen LogP contribution in [0.5, 0.6) is 5.75 Å². The summed E-state index contributed by atoms with van der Waals surface area (Å²) in [6.07, 6.45) is 4.52. The van der Waals surface area contributed by atoms with Gasteiger partial charge in [-0.1, -0.05) is 92.1 Å². The maximum Gasteiger partial charge on any atom is 0.408 e. The van der Waals surface area contributed by atoms with E-state index in [9.17, 15) is 19.5 Å². The van der Waals surface area contributed by atoms with Crippen LogP contribution in [0.2, 0.25) is 0 Å². The van der Waals surface area contributed by atoms with Crippen LogP contribution in [-0.4, -0.2) is 40.3 Å². The van der Waals surface area contributed by atoms with E-state index in [0.29, 0.717) is 13.0 Å². The molecule has 9 nitrogen and oxygen atoms in total. The van der Waals surface area contributed by atoms with Crippen LogP contribution in [-0.2, 0) is 34.0 Å². The van der Waals surface area contributed by atoms with Crippen LogP contribution in [0.1, 0.15) is 48.8 Å². The quantitative estimate of drug-likeness (QED) is 0.250. The van der Waals surface area contributed by atoms with Gasteiger partial charge in [-0.05, 0) is 54.0 Å². The SMILES string of the molecule is N[C@@H](Cc1ccc(OCc2ccccc2)cc1)C(=O)O.O=C(NC(C(=O)O)C1CCCCC1)OCc1ccccc1. The smallest absolute Gasteiger partial charge is 0.408 e. The van der Waals surface area contributed by atoms with Gasteiger partial charge in [-0.15, -0.1) is 0 Å². The Bertz CT molecular complexity index is 1210. The number of rotatable bonds is 11. The average Bonchev–Trinajstić information content (AvgIpc) is 3.00. The average molecular weight is 563 g/mol. The molecular formula is C32H38N2O7. The molecule has 0 bridgehead atoms. The maximum absolute atomic E-state index is 11.8. The van der Waals surface area contributed by atoms with Crippen molar-refractivity contribution in [2.75, 3.05) is 0 Å². The lowest BCUT2D eigenvalue weighted by Crippen LogP contribution is -2.46. The standard InChI is InChI=1S/C16H21NO4.C16H17NO3/c18-15(19)14(13-9-5-2-6-10-13)17-16(20)21-11-12-7-3-1-4-8-12;17-15(16(18)19)10-12-6-8-14(9-7-12)20-11-13-4-2-1-3-5-13/h1,3-4,7-8,13-14H,2,5-6,9-11H2,(H,17,20)(H,18,19);1-9,15H,10-11,17H2,(H,18,19)/t;15-/m.0/s1. The Morgan fingerprint density at radius 2 is 1.32 bits per heavy atom. The molecule has 1 saturated carbocycles. The van der Waals surface area contributed by atoms with Gasteiger partial charge in [-0.2, -0.15) is 0 Å². The van der Waals surface area contributed by atoms with E-state index < -0.39 is 30.1 Å². The summed E-state index contributed by atoms with van der Waals surface area (Å²) < 4.78 is 10.7. The van der Waals surface area contributed by atoms with Crippen molar-refractivity contribution in [1.82, 2.24) is 5.32 Å². The predicted molar refractivity (Wildman–Crippen MR) is 154 cm³/mol. The zero-order valence-electron chi connectivity index (χ0n) is 23.0. The number of aliphatic carboxylic acids is 2. The number of nitrogens with one attached hydrogen (secondary N) is 1. The van der Waals surface area contributed by atoms with Crippen LogP contribution in [0.15, 0.2) is 84.9 Å². The van der Waals surface area contributed by atoms with Gasteiger partial charge in [0.2, 0.25) is 0 Å². The molecule has 0 spiro atoms. The first-order valence-electron chi connectivity index (χ1n) is 13.8. The molecule has 0 aliphatic heterocycles. The fourth-order valence-corrected chi connectivity index (χ4v) is 4.54. The molecular weight excluding hydrogens is 524 g/mol. The van der Waals surface area contributed by atoms with Crippen LogP contribution in [0.4, 0.5) is 4.79 Å². The Hall–Kier alpha value is -4.37. The van der Waals surface area contributed by atoms with E-state index in [2.05, 4.69) is 5.32 Å². The van der Waals surface area contributed by atoms with Crippen LogP contribution in [0.25, 0.3) is 0 Å². The summed E-state index contributed by atoms with van der Waals surface area (Å²) in [7, 11) is 0. The Kier molecular flexibility index (Phi) is 12.7. The molecule has 2 atom stereocenters. The summed E-state index contributed by atoms with van der Waals surface area (Å²) in [4.78, 5) is 33.8. The van der Waals surface area contributed by atoms with Crippen molar-refractivity contribution in [3.63, 3.8) is 0 Å². The third-order valence-corrected chi connectivity index (χ3v) is 6.82. The molecule has 41 heavy (non-hydrogen) atoms. The summed E-state index contributed by atoms with van der Waals surface area (Å²) >= 11 is 0. The number of ether oxygens (including phenoxy) is 2. The minimum atomic E-state index is -0.991. The first kappa shape index (κ1) is 31.2. The van der Waals surface area contributed by atoms with Crippen molar-refractivity contribution in [1.29, 1.82) is 0 Å². The molecule has 4 rings (SSSR count). The second-order valence-corrected chi connectivity index (χ2v) is 9.99. The molecule has 1 unspecified atom stereocenters. The van der Waals surface area contributed by atoms with E-state index in [1.165, 1.54) is 0 Å². The van der Waals surface area contributed by atoms with E-state index in [-0.39, 0.29) is 12.5 Å². The number of carboxylic acid groups (broad SMARTS) is 2. The highest BCUT2D eigenvalue weighted by Gasteiger charge is 2.31. The number of carbonyl (C=O) groups excluding carboxylic acids is 1. The number of hydrogen-bond donors (Lipinski definition) is 4. The van der Waals surface area contributed by atoms with Crippen molar-refractivity contribution < 1.29 is 34.1 Å². The molecule has 0 radical (unpaired) electrons. The monoisotopic (exact) mass is 562 g/mol. The Labute approximate surface area is 240 Å². The third kappa shape index (κ3) is 11.3. The Morgan fingerprint density at radius 3 is 1.85 bits per heavy atom. The van der Waals surface area contributed by atoms with Crippen LogP contribution < -0.4 is 15.8 Å². The molecule has 0 heterocycles. The van der Waals surface area contributed by atoms with Crippen LogP contribution in [0.3, 0.4) is 0 Å². The minimum absolute atomic E-state index is 0.000486. The molecule has 1 aliphatic carbocycles. The van der Waals surface area contributed by atoms with Crippen LogP contribution >= 0.6 is 0 Å². The van der Waals surface area contributed by atoms with Crippen molar-refractivity contribution in [3.8, 4) is 5.75 Å². The fraction of sp³-hybridized carbons (Fsp3) is 0.344. The summed E-state index contributed by atoms with van der Waals surface area (Å²) in [5.41, 5.74) is 8.35. The molecule has 3 aromatic carbocycles. The number of carboxylic acids is 2. The van der Waals surface area contributed by atoms with E-state index in [1.54, 1.807) is 0 Å². The predicted octanol–water partition coefficient (Wildman–Crippen LogP) is 5.17. The maximum atomic E-state index is 11.8. The van der Waals surface area contributed by atoms with Crippen molar-refractivity contribution in [2.45, 2.75) is 63.8 Å². The van der Waals surface area contributed by atoms with Gasteiger partial charge in [0.1, 0.15) is 31.0 Å². The molecule has 5 N–H and O–H groups in total. The first-order valence-corrected chi connectivity index (χ1v) is 13.8. The number of hydrogen-bond acceptors (Lipinski definition) is 6. The summed E-state index contributed by atoms with van der Waals surface area (Å²) in [5, 5.41) is 20.5. The molecule has 3 aromatic rings. The molecule has 1 aliphatic rings. The summed E-state index contributed by atoms with van der Waals surface area (Å²) in [6, 6.07) is 24.8. The van der Waals surface area contributed by atoms with Gasteiger partial charge in [0, 0.05) is 0 Å². The lowest BCUT2D eigenvalue weighted by molar-refractivity contribution is -0.141. The number of amides is 1. The zero-order valence-corrected chi connectivity index (χ0v) is 23.0. The van der Waals surface area contributed by atoms with Crippen LogP contribution in [0, 0.1) is 5.92 Å². The Morgan fingerprint density at radius 1 is 0.756 bits per heavy atom. The summed E-state index contributed by atoms with van der Waals surface area (Å²) in [5.74, 6) is -1.23. The van der Waals surface area contributed by atoms with E-state index in [1.807, 2.05) is 84.9 Å². The zero-order chi connectivity index (χ0) is 29.5. The van der Waals surface area contributed by atoms with E-state index >= 15 is 0 Å². The second-order valence-electron chi connectivity index (χ2n) is 9.99. The highest BCUT2D eigenvalue weighted by molar-refractivity contribution is 5.80. The van der Waals surface area contributed by atoms with Crippen molar-refractivity contribution in [3.05, 3.63) is 102 Å². The molecule has 0 saturated heterocycles. The molecule has 1 amide bonds. The van der Waals surface area contributed by atoms with Gasteiger partial charge in [-0.3, -0.25) is 4.79 Å². The van der Waals surface area contributed by atoms with E-state index in [0.717, 1.165) is 54.5 Å². The first-order chi connectivity index (χ1) is 19.8. The number of carbonyl (C=O) groups is 3. The van der Waals surface area contributed by atoms with Gasteiger partial charge in [0.25, 0.3) is 0 Å². The van der Waals surface area contributed by atoms with E-state index in [4.69, 9.17) is 20.3 Å². The van der Waals surface area contributed by atoms with Crippen molar-refractivity contribution in [2.24, 2.45) is 11.7 Å². The largest absolute Gasteiger partial charge is 0.489 e. The number of nitrogens with two attached hydrogens (primary N) is 1. The summed E-state index contributed by atoms with van der Waals surface area (Å²) in [6.45, 7) is 0.651. The second kappa shape index (κ2) is 16.7. The van der Waals surface area contributed by atoms with Gasteiger partial charge in [0.15, 0.2) is 0 Å². The minimum Gasteiger partial charge on any atom is -0.489 e. The lowest BCUT2D eigenvalue weighted by atomic mass is 9.84. The molecule has 1 fully saturated rings. The number of alkyl carbamates (subject to hydrolysis) is 1. The fourth-order valence-electron chi connectivity index (χ4n) is 4.54. The topological polar surface area (TPSA) is 148 Å². The highest BCUT2D eigenvalue weighted by atomic mass is 16.5. The molecule has 0 aromatic heterocycles. The van der Waals surface area contributed by atoms with Gasteiger partial charge < -0.3 is 30.7 Å². The molecule has 218 valence electrons.